The van der Waals surface area contributed by atoms with Crippen LogP contribution in [0.3, 0.4) is 0 Å². The first-order valence-electron chi connectivity index (χ1n) is 7.20. The van der Waals surface area contributed by atoms with Gasteiger partial charge in [0.2, 0.25) is 5.91 Å². The lowest BCUT2D eigenvalue weighted by molar-refractivity contribution is -0.132. The van der Waals surface area contributed by atoms with Crippen LogP contribution in [0.15, 0.2) is 30.6 Å². The Labute approximate surface area is 118 Å². The zero-order valence-corrected chi connectivity index (χ0v) is 11.7. The SMILES string of the molecule is C[C@H]1CCCN(C(=O)Cc2ccc3nccnc3c2)C1. The Bertz CT molecular complexity index is 626. The molecule has 1 aromatic heterocycles. The maximum atomic E-state index is 12.3. The molecule has 0 saturated carbocycles. The number of hydrogen-bond donors (Lipinski definition) is 0. The first kappa shape index (κ1) is 13.0. The van der Waals surface area contributed by atoms with Crippen molar-refractivity contribution < 1.29 is 4.79 Å². The Hall–Kier alpha value is -1.97. The summed E-state index contributed by atoms with van der Waals surface area (Å²) < 4.78 is 0. The number of aromatic nitrogens is 2. The van der Waals surface area contributed by atoms with Gasteiger partial charge in [-0.15, -0.1) is 0 Å². The van der Waals surface area contributed by atoms with Crippen molar-refractivity contribution in [2.75, 3.05) is 13.1 Å². The van der Waals surface area contributed by atoms with E-state index in [0.29, 0.717) is 12.3 Å². The van der Waals surface area contributed by atoms with Crippen LogP contribution in [0, 0.1) is 5.92 Å². The summed E-state index contributed by atoms with van der Waals surface area (Å²) in [5.41, 5.74) is 2.74. The molecule has 1 atom stereocenters. The fourth-order valence-electron chi connectivity index (χ4n) is 2.82. The molecule has 1 amide bonds. The Morgan fingerprint density at radius 3 is 2.90 bits per heavy atom. The Balaban J connectivity index is 1.73. The lowest BCUT2D eigenvalue weighted by atomic mass is 9.99. The van der Waals surface area contributed by atoms with E-state index in [1.165, 1.54) is 6.42 Å². The van der Waals surface area contributed by atoms with E-state index in [2.05, 4.69) is 16.9 Å². The van der Waals surface area contributed by atoms with E-state index < -0.39 is 0 Å². The van der Waals surface area contributed by atoms with Crippen molar-refractivity contribution in [1.29, 1.82) is 0 Å². The molecular formula is C16H19N3O. The van der Waals surface area contributed by atoms with Gasteiger partial charge in [-0.3, -0.25) is 14.8 Å². The van der Waals surface area contributed by atoms with Gasteiger partial charge < -0.3 is 4.90 Å². The quantitative estimate of drug-likeness (QED) is 0.841. The van der Waals surface area contributed by atoms with Crippen LogP contribution in [0.2, 0.25) is 0 Å². The smallest absolute Gasteiger partial charge is 0.226 e. The van der Waals surface area contributed by atoms with Crippen molar-refractivity contribution in [3.8, 4) is 0 Å². The van der Waals surface area contributed by atoms with Gasteiger partial charge in [0.25, 0.3) is 0 Å². The Morgan fingerprint density at radius 1 is 1.30 bits per heavy atom. The fraction of sp³-hybridized carbons (Fsp3) is 0.438. The highest BCUT2D eigenvalue weighted by Gasteiger charge is 2.20. The molecule has 0 spiro atoms. The van der Waals surface area contributed by atoms with Crippen LogP contribution in [0.4, 0.5) is 0 Å². The van der Waals surface area contributed by atoms with Crippen molar-refractivity contribution in [1.82, 2.24) is 14.9 Å². The maximum absolute atomic E-state index is 12.3. The summed E-state index contributed by atoms with van der Waals surface area (Å²) >= 11 is 0. The average molecular weight is 269 g/mol. The molecule has 0 N–H and O–H groups in total. The van der Waals surface area contributed by atoms with Gasteiger partial charge >= 0.3 is 0 Å². The lowest BCUT2D eigenvalue weighted by Gasteiger charge is -2.31. The zero-order valence-electron chi connectivity index (χ0n) is 11.7. The van der Waals surface area contributed by atoms with Gasteiger partial charge in [-0.25, -0.2) is 0 Å². The molecule has 1 aliphatic rings. The number of likely N-dealkylation sites (tertiary alicyclic amines) is 1. The number of nitrogens with zero attached hydrogens (tertiary/aromatic N) is 3. The molecule has 4 heteroatoms. The molecule has 3 rings (SSSR count). The molecule has 20 heavy (non-hydrogen) atoms. The van der Waals surface area contributed by atoms with Crippen LogP contribution in [0.5, 0.6) is 0 Å². The molecule has 2 heterocycles. The third kappa shape index (κ3) is 2.79. The first-order valence-corrected chi connectivity index (χ1v) is 7.20. The van der Waals surface area contributed by atoms with Gasteiger partial charge in [-0.05, 0) is 36.5 Å². The minimum Gasteiger partial charge on any atom is -0.342 e. The highest BCUT2D eigenvalue weighted by molar-refractivity contribution is 5.81. The number of hydrogen-bond acceptors (Lipinski definition) is 3. The van der Waals surface area contributed by atoms with Gasteiger partial charge in [-0.2, -0.15) is 0 Å². The maximum Gasteiger partial charge on any atom is 0.226 e. The summed E-state index contributed by atoms with van der Waals surface area (Å²) in [6.07, 6.45) is 6.17. The van der Waals surface area contributed by atoms with Gasteiger partial charge in [0.15, 0.2) is 0 Å². The number of carbonyl (C=O) groups excluding carboxylic acids is 1. The highest BCUT2D eigenvalue weighted by atomic mass is 16.2. The highest BCUT2D eigenvalue weighted by Crippen LogP contribution is 2.17. The summed E-state index contributed by atoms with van der Waals surface area (Å²) in [6.45, 7) is 4.01. The molecule has 1 saturated heterocycles. The predicted octanol–water partition coefficient (Wildman–Crippen LogP) is 2.43. The second-order valence-electron chi connectivity index (χ2n) is 5.64. The van der Waals surface area contributed by atoms with E-state index in [1.807, 2.05) is 23.1 Å². The van der Waals surface area contributed by atoms with E-state index in [4.69, 9.17) is 0 Å². The van der Waals surface area contributed by atoms with Crippen LogP contribution in [-0.2, 0) is 11.2 Å². The minimum atomic E-state index is 0.222. The summed E-state index contributed by atoms with van der Waals surface area (Å²) in [7, 11) is 0. The molecular weight excluding hydrogens is 250 g/mol. The molecule has 104 valence electrons. The lowest BCUT2D eigenvalue weighted by Crippen LogP contribution is -2.39. The van der Waals surface area contributed by atoms with Crippen molar-refractivity contribution >= 4 is 16.9 Å². The van der Waals surface area contributed by atoms with Crippen molar-refractivity contribution in [3.05, 3.63) is 36.2 Å². The minimum absolute atomic E-state index is 0.222. The van der Waals surface area contributed by atoms with Gasteiger partial charge in [0, 0.05) is 25.5 Å². The molecule has 1 aliphatic heterocycles. The monoisotopic (exact) mass is 269 g/mol. The van der Waals surface area contributed by atoms with Crippen LogP contribution < -0.4 is 0 Å². The largest absolute Gasteiger partial charge is 0.342 e. The standard InChI is InChI=1S/C16H19N3O/c1-12-3-2-8-19(11-12)16(20)10-13-4-5-14-15(9-13)18-7-6-17-14/h4-7,9,12H,2-3,8,10-11H2,1H3/t12-/m0/s1. The van der Waals surface area contributed by atoms with Crippen molar-refractivity contribution in [2.24, 2.45) is 5.92 Å². The second-order valence-corrected chi connectivity index (χ2v) is 5.64. The molecule has 1 fully saturated rings. The van der Waals surface area contributed by atoms with Crippen molar-refractivity contribution in [2.45, 2.75) is 26.2 Å². The summed E-state index contributed by atoms with van der Waals surface area (Å²) in [6, 6.07) is 5.87. The third-order valence-corrected chi connectivity index (χ3v) is 3.90. The van der Waals surface area contributed by atoms with Gasteiger partial charge in [-0.1, -0.05) is 13.0 Å². The zero-order chi connectivity index (χ0) is 13.9. The van der Waals surface area contributed by atoms with E-state index in [1.54, 1.807) is 12.4 Å². The Kier molecular flexibility index (Phi) is 3.63. The topological polar surface area (TPSA) is 46.1 Å². The van der Waals surface area contributed by atoms with Crippen LogP contribution >= 0.6 is 0 Å². The molecule has 0 radical (unpaired) electrons. The molecule has 1 aromatic carbocycles. The van der Waals surface area contributed by atoms with Crippen LogP contribution in [-0.4, -0.2) is 33.9 Å². The number of benzene rings is 1. The third-order valence-electron chi connectivity index (χ3n) is 3.90. The number of rotatable bonds is 2. The fourth-order valence-corrected chi connectivity index (χ4v) is 2.82. The number of carbonyl (C=O) groups is 1. The predicted molar refractivity (Wildman–Crippen MR) is 78.2 cm³/mol. The summed E-state index contributed by atoms with van der Waals surface area (Å²) in [4.78, 5) is 22.9. The number of amides is 1. The second kappa shape index (κ2) is 5.57. The normalized spacial score (nSPS) is 19.2. The summed E-state index contributed by atoms with van der Waals surface area (Å²) in [5, 5.41) is 0. The van der Waals surface area contributed by atoms with Crippen molar-refractivity contribution in [3.63, 3.8) is 0 Å². The molecule has 4 nitrogen and oxygen atoms in total. The van der Waals surface area contributed by atoms with E-state index in [-0.39, 0.29) is 5.91 Å². The number of piperidine rings is 1. The van der Waals surface area contributed by atoms with E-state index in [9.17, 15) is 4.79 Å². The molecule has 2 aromatic rings. The Morgan fingerprint density at radius 2 is 2.10 bits per heavy atom. The van der Waals surface area contributed by atoms with Gasteiger partial charge in [0.05, 0.1) is 17.5 Å². The summed E-state index contributed by atoms with van der Waals surface area (Å²) in [5.74, 6) is 0.843. The molecule has 0 unspecified atom stereocenters. The average Bonchev–Trinajstić information content (AvgIpc) is 2.47. The molecule has 0 bridgehead atoms. The number of fused-ring (bicyclic) bond motifs is 1. The van der Waals surface area contributed by atoms with Crippen LogP contribution in [0.1, 0.15) is 25.3 Å². The van der Waals surface area contributed by atoms with E-state index in [0.717, 1.165) is 36.1 Å². The molecule has 0 aliphatic carbocycles. The van der Waals surface area contributed by atoms with Gasteiger partial charge in [0.1, 0.15) is 0 Å². The van der Waals surface area contributed by atoms with E-state index >= 15 is 0 Å². The van der Waals surface area contributed by atoms with Crippen LogP contribution in [0.25, 0.3) is 11.0 Å². The first-order chi connectivity index (χ1) is 9.72.